The highest BCUT2D eigenvalue weighted by atomic mass is 16.5. The highest BCUT2D eigenvalue weighted by molar-refractivity contribution is 5.91. The highest BCUT2D eigenvalue weighted by Crippen LogP contribution is 2.36. The van der Waals surface area contributed by atoms with Crippen LogP contribution in [-0.2, 0) is 20.8 Å². The molecule has 1 aliphatic heterocycles. The molecule has 10 heteroatoms. The minimum Gasteiger partial charge on any atom is -0.364 e. The first-order valence-corrected chi connectivity index (χ1v) is 11.7. The molecule has 3 rings (SSSR count). The molecule has 2 heterocycles. The summed E-state index contributed by atoms with van der Waals surface area (Å²) in [5.41, 5.74) is 6.44. The molecule has 10 nitrogen and oxygen atoms in total. The Balaban J connectivity index is 1.83. The second-order valence-electron chi connectivity index (χ2n) is 9.10. The average molecular weight is 461 g/mol. The second-order valence-corrected chi connectivity index (χ2v) is 9.10. The van der Waals surface area contributed by atoms with Crippen LogP contribution in [0.5, 0.6) is 0 Å². The molecule has 2 aliphatic rings. The number of carbonyl (C=O) groups excluding carboxylic acids is 4. The third-order valence-corrected chi connectivity index (χ3v) is 6.96. The van der Waals surface area contributed by atoms with Crippen LogP contribution in [0.25, 0.3) is 0 Å². The molecule has 180 valence electrons. The van der Waals surface area contributed by atoms with Crippen LogP contribution in [0.15, 0.2) is 24.4 Å². The zero-order valence-corrected chi connectivity index (χ0v) is 18.9. The molecule has 3 atom stereocenters. The van der Waals surface area contributed by atoms with E-state index in [1.54, 1.807) is 12.3 Å². The molecular formula is C23H34N5O5+. The first kappa shape index (κ1) is 24.8. The summed E-state index contributed by atoms with van der Waals surface area (Å²) in [7, 11) is 0. The molecule has 0 radical (unpaired) electrons. The number of nitrogens with one attached hydrogen (secondary N) is 1. The fourth-order valence-electron chi connectivity index (χ4n) is 5.36. The lowest BCUT2D eigenvalue weighted by Gasteiger charge is -2.36. The summed E-state index contributed by atoms with van der Waals surface area (Å²) in [4.78, 5) is 55.0. The summed E-state index contributed by atoms with van der Waals surface area (Å²) in [5.74, 6) is -1.65. The lowest BCUT2D eigenvalue weighted by molar-refractivity contribution is -0.779. The van der Waals surface area contributed by atoms with Crippen LogP contribution >= 0.6 is 0 Å². The van der Waals surface area contributed by atoms with Crippen molar-refractivity contribution < 1.29 is 28.9 Å². The number of pyridine rings is 1. The van der Waals surface area contributed by atoms with Gasteiger partial charge in [-0.3, -0.25) is 19.8 Å². The van der Waals surface area contributed by atoms with Crippen LogP contribution < -0.4 is 11.1 Å². The Morgan fingerprint density at radius 3 is 2.64 bits per heavy atom. The topological polar surface area (TPSA) is 143 Å². The molecule has 1 unspecified atom stereocenters. The molecule has 1 saturated heterocycles. The normalized spacial score (nSPS) is 23.7. The zero-order valence-electron chi connectivity index (χ0n) is 18.9. The van der Waals surface area contributed by atoms with Crippen molar-refractivity contribution >= 4 is 24.3 Å². The average Bonchev–Trinajstić information content (AvgIpc) is 3.49. The number of urea groups is 1. The number of rotatable bonds is 10. The summed E-state index contributed by atoms with van der Waals surface area (Å²) >= 11 is 0. The Morgan fingerprint density at radius 1 is 1.24 bits per heavy atom. The van der Waals surface area contributed by atoms with Crippen molar-refractivity contribution in [1.29, 1.82) is 0 Å². The first-order valence-electron chi connectivity index (χ1n) is 11.7. The molecule has 2 fully saturated rings. The van der Waals surface area contributed by atoms with Crippen molar-refractivity contribution in [3.05, 3.63) is 30.1 Å². The SMILES string of the molecule is NC(=O)[C@@H]1CCC[N+]1(C(=O)NCCc1ccccn1)C(=O)[C@H](CC1CCCC1)CN(O)C=O. The van der Waals surface area contributed by atoms with Crippen molar-refractivity contribution in [2.24, 2.45) is 17.6 Å². The maximum atomic E-state index is 13.9. The van der Waals surface area contributed by atoms with Crippen LogP contribution in [0.3, 0.4) is 0 Å². The van der Waals surface area contributed by atoms with Gasteiger partial charge in [-0.05, 0) is 24.5 Å². The zero-order chi connectivity index (χ0) is 23.8. The Labute approximate surface area is 193 Å². The minimum absolute atomic E-state index is 0.162. The minimum atomic E-state index is -0.971. The maximum absolute atomic E-state index is 13.9. The molecule has 1 aliphatic carbocycles. The van der Waals surface area contributed by atoms with Gasteiger partial charge < -0.3 is 11.1 Å². The number of nitrogens with two attached hydrogens (primary N) is 1. The van der Waals surface area contributed by atoms with E-state index in [4.69, 9.17) is 5.73 Å². The molecule has 4 N–H and O–H groups in total. The lowest BCUT2D eigenvalue weighted by Crippen LogP contribution is -2.68. The number of quaternary nitrogens is 1. The Hall–Kier alpha value is -2.85. The number of hydroxylamine groups is 2. The van der Waals surface area contributed by atoms with Crippen molar-refractivity contribution in [2.45, 2.75) is 57.4 Å². The van der Waals surface area contributed by atoms with Gasteiger partial charge in [0.05, 0.1) is 19.0 Å². The van der Waals surface area contributed by atoms with Crippen molar-refractivity contribution in [2.75, 3.05) is 19.6 Å². The fraction of sp³-hybridized carbons (Fsp3) is 0.609. The van der Waals surface area contributed by atoms with E-state index >= 15 is 0 Å². The van der Waals surface area contributed by atoms with Crippen LogP contribution in [0.2, 0.25) is 0 Å². The van der Waals surface area contributed by atoms with Crippen LogP contribution in [0, 0.1) is 11.8 Å². The van der Waals surface area contributed by atoms with Gasteiger partial charge in [0.2, 0.25) is 6.41 Å². The van der Waals surface area contributed by atoms with Crippen LogP contribution in [0.1, 0.15) is 50.6 Å². The van der Waals surface area contributed by atoms with Crippen LogP contribution in [0.4, 0.5) is 4.79 Å². The van der Waals surface area contributed by atoms with Gasteiger partial charge in [0, 0.05) is 37.7 Å². The number of hydrogen-bond acceptors (Lipinski definition) is 6. The van der Waals surface area contributed by atoms with Crippen molar-refractivity contribution in [3.8, 4) is 0 Å². The number of aromatic nitrogens is 1. The van der Waals surface area contributed by atoms with E-state index in [2.05, 4.69) is 10.3 Å². The number of amides is 5. The first-order chi connectivity index (χ1) is 15.9. The third kappa shape index (κ3) is 5.75. The molecule has 1 aromatic heterocycles. The van der Waals surface area contributed by atoms with Gasteiger partial charge in [-0.1, -0.05) is 31.7 Å². The van der Waals surface area contributed by atoms with Crippen LogP contribution in [-0.4, -0.2) is 69.7 Å². The monoisotopic (exact) mass is 460 g/mol. The van der Waals surface area contributed by atoms with E-state index in [0.717, 1.165) is 31.4 Å². The fourth-order valence-corrected chi connectivity index (χ4v) is 5.36. The quantitative estimate of drug-likeness (QED) is 0.208. The largest absolute Gasteiger partial charge is 0.424 e. The summed E-state index contributed by atoms with van der Waals surface area (Å²) in [6.45, 7) is 0.198. The van der Waals surface area contributed by atoms with Gasteiger partial charge in [0.25, 0.3) is 5.91 Å². The Bertz CT molecular complexity index is 845. The Kier molecular flexibility index (Phi) is 8.51. The van der Waals surface area contributed by atoms with Gasteiger partial charge >= 0.3 is 11.9 Å². The number of carbonyl (C=O) groups is 4. The maximum Gasteiger partial charge on any atom is 0.424 e. The Morgan fingerprint density at radius 2 is 2.00 bits per heavy atom. The molecule has 1 aromatic rings. The van der Waals surface area contributed by atoms with E-state index in [1.165, 1.54) is 0 Å². The smallest absolute Gasteiger partial charge is 0.364 e. The molecule has 1 saturated carbocycles. The van der Waals surface area contributed by atoms with E-state index in [9.17, 15) is 24.4 Å². The third-order valence-electron chi connectivity index (χ3n) is 6.96. The number of primary amides is 1. The van der Waals surface area contributed by atoms with E-state index in [0.29, 0.717) is 30.7 Å². The summed E-state index contributed by atoms with van der Waals surface area (Å²) in [5, 5.41) is 13.1. The predicted octanol–water partition coefficient (Wildman–Crippen LogP) is 1.37. The lowest BCUT2D eigenvalue weighted by atomic mass is 9.90. The van der Waals surface area contributed by atoms with Crippen molar-refractivity contribution in [1.82, 2.24) is 15.4 Å². The van der Waals surface area contributed by atoms with E-state index in [1.807, 2.05) is 12.1 Å². The van der Waals surface area contributed by atoms with Gasteiger partial charge in [0.1, 0.15) is 0 Å². The molecule has 33 heavy (non-hydrogen) atoms. The van der Waals surface area contributed by atoms with Gasteiger partial charge in [-0.2, -0.15) is 4.48 Å². The molecule has 0 aromatic carbocycles. The highest BCUT2D eigenvalue weighted by Gasteiger charge is 2.58. The van der Waals surface area contributed by atoms with E-state index < -0.39 is 34.3 Å². The number of imide groups is 1. The molecule has 5 amide bonds. The van der Waals surface area contributed by atoms with E-state index in [-0.39, 0.29) is 32.0 Å². The summed E-state index contributed by atoms with van der Waals surface area (Å²) in [6.07, 6.45) is 7.75. The van der Waals surface area contributed by atoms with Gasteiger partial charge in [-0.15, -0.1) is 0 Å². The standard InChI is InChI=1S/C23H33N5O5/c24-21(30)20-9-5-13-28(20,23(32)26-12-10-19-8-3-4-11-25-19)22(31)18(15-27(33)16-29)14-17-6-1-2-7-17/h3-4,8,11,16-18,20,33H,1-2,5-7,9-10,12-15H2,(H2-,24,26,30,32)/p+1/t18-,20+,28?/m1/s1. The van der Waals surface area contributed by atoms with Gasteiger partial charge in [0.15, 0.2) is 6.04 Å². The summed E-state index contributed by atoms with van der Waals surface area (Å²) in [6, 6.07) is 3.96. The second kappa shape index (κ2) is 11.3. The number of hydrogen-bond donors (Lipinski definition) is 3. The molecule has 0 bridgehead atoms. The number of likely N-dealkylation sites (tertiary alicyclic amines) is 1. The van der Waals surface area contributed by atoms with Crippen molar-refractivity contribution in [3.63, 3.8) is 0 Å². The predicted molar refractivity (Wildman–Crippen MR) is 118 cm³/mol. The van der Waals surface area contributed by atoms with Gasteiger partial charge in [-0.25, -0.2) is 14.7 Å². The number of nitrogens with zero attached hydrogens (tertiary/aromatic N) is 3. The molecule has 0 spiro atoms. The molecular weight excluding hydrogens is 426 g/mol. The summed E-state index contributed by atoms with van der Waals surface area (Å²) < 4.78 is -0.707.